The molecule has 632 valence electrons. The molecular weight excluding hydrogens is 1840 g/mol. The zero-order valence-electron chi connectivity index (χ0n) is 67.3. The second-order valence-corrected chi connectivity index (χ2v) is 30.9. The van der Waals surface area contributed by atoms with Crippen molar-refractivity contribution < 1.29 is 115 Å². The van der Waals surface area contributed by atoms with Gasteiger partial charge in [0.2, 0.25) is 0 Å². The predicted octanol–water partition coefficient (Wildman–Crippen LogP) is 15.7. The van der Waals surface area contributed by atoms with Crippen molar-refractivity contribution in [2.45, 2.75) is 52.4 Å². The summed E-state index contributed by atoms with van der Waals surface area (Å²) in [6, 6.07) is 74.4. The fourth-order valence-electron chi connectivity index (χ4n) is 10.9. The van der Waals surface area contributed by atoms with E-state index in [0.29, 0.717) is 137 Å². The smallest absolute Gasteiger partial charge is 2.00 e. The summed E-state index contributed by atoms with van der Waals surface area (Å²) in [4.78, 5) is 16.4. The Morgan fingerprint density at radius 1 is 0.185 bits per heavy atom. The molecule has 0 spiro atoms. The second kappa shape index (κ2) is 62.9. The van der Waals surface area contributed by atoms with Gasteiger partial charge in [0, 0.05) is 145 Å². The summed E-state index contributed by atoms with van der Waals surface area (Å²) in [7, 11) is 15.6. The van der Waals surface area contributed by atoms with Gasteiger partial charge < -0.3 is 85.5 Å². The van der Waals surface area contributed by atoms with Crippen LogP contribution in [0, 0.1) is 0 Å². The molecule has 0 unspecified atom stereocenters. The van der Waals surface area contributed by atoms with Crippen molar-refractivity contribution in [3.05, 3.63) is 339 Å². The molecule has 0 fully saturated rings. The van der Waals surface area contributed by atoms with E-state index in [1.54, 1.807) is 97.1 Å². The third kappa shape index (κ3) is 47.9. The number of halogens is 8. The Kier molecular flexibility index (Phi) is 59.6. The molecule has 17 nitrogen and oxygen atoms in total. The van der Waals surface area contributed by atoms with Crippen LogP contribution in [-0.2, 0) is 126 Å². The van der Waals surface area contributed by atoms with Crippen molar-refractivity contribution in [3.8, 4) is 46.0 Å². The molecule has 29 heteroatoms. The third-order valence-electron chi connectivity index (χ3n) is 17.2. The molecule has 2 radical (unpaired) electrons. The molecule has 0 saturated carbocycles. The van der Waals surface area contributed by atoms with E-state index in [4.69, 9.17) is 92.8 Å². The van der Waals surface area contributed by atoms with Crippen LogP contribution in [0.5, 0.6) is 46.0 Å². The standard InChI is InChI=1S/4C18H22Cl2N2O2.3C6H6.4Fe.O/c4*1-21(11-13-9-15(19)3-5-17(13)23)7-8-22(2)12-14-10-16(20)4-6-18(14)24;3*1-2-4-6-5-3-1;;;;;/h4*3-6,9-10,23-24H,7-8,11-12H2,1-2H3;3*1-6H;;;;;/q;;;;;;;2*+4;2*+5;-2/p-8. The minimum absolute atomic E-state index is 0. The van der Waals surface area contributed by atoms with E-state index in [9.17, 15) is 40.9 Å². The third-order valence-corrected chi connectivity index (χ3v) is 19.0. The molecule has 11 aromatic rings. The van der Waals surface area contributed by atoms with Crippen LogP contribution >= 0.6 is 92.8 Å². The minimum atomic E-state index is -0.00507. The van der Waals surface area contributed by atoms with Crippen molar-refractivity contribution in [3.63, 3.8) is 0 Å². The van der Waals surface area contributed by atoms with Crippen molar-refractivity contribution in [1.82, 2.24) is 39.2 Å². The first-order valence-electron chi connectivity index (χ1n) is 36.5. The van der Waals surface area contributed by atoms with Crippen LogP contribution < -0.4 is 40.9 Å². The van der Waals surface area contributed by atoms with Crippen molar-refractivity contribution in [2.75, 3.05) is 109 Å². The molecule has 0 aromatic heterocycles. The van der Waals surface area contributed by atoms with Gasteiger partial charge in [-0.2, -0.15) is 0 Å². The number of rotatable bonds is 28. The van der Waals surface area contributed by atoms with Crippen LogP contribution in [0.25, 0.3) is 0 Å². The summed E-state index contributed by atoms with van der Waals surface area (Å²) >= 11 is 47.5. The van der Waals surface area contributed by atoms with Gasteiger partial charge in [-0.15, -0.1) is 46.0 Å². The Labute approximate surface area is 786 Å². The first-order valence-corrected chi connectivity index (χ1v) is 39.5. The fourth-order valence-corrected chi connectivity index (χ4v) is 12.4. The van der Waals surface area contributed by atoms with Crippen molar-refractivity contribution in [1.29, 1.82) is 0 Å². The zero-order chi connectivity index (χ0) is 83.5. The number of nitrogens with zero attached hydrogens (tertiary/aromatic N) is 8. The largest absolute Gasteiger partial charge is 5.00 e. The first-order chi connectivity index (χ1) is 54.4. The Morgan fingerprint density at radius 3 is 0.353 bits per heavy atom. The van der Waals surface area contributed by atoms with Crippen LogP contribution in [0.3, 0.4) is 0 Å². The van der Waals surface area contributed by atoms with Gasteiger partial charge >= 0.3 is 68.3 Å². The molecule has 0 aliphatic rings. The monoisotopic (exact) mass is 1940 g/mol. The average molecular weight is 1940 g/mol. The summed E-state index contributed by atoms with van der Waals surface area (Å²) < 4.78 is 0. The number of hydrogen-bond acceptors (Lipinski definition) is 16. The maximum absolute atomic E-state index is 11.8. The van der Waals surface area contributed by atoms with Crippen LogP contribution in [0.1, 0.15) is 44.5 Å². The van der Waals surface area contributed by atoms with Crippen LogP contribution in [0.15, 0.2) is 255 Å². The van der Waals surface area contributed by atoms with Gasteiger partial charge in [0.25, 0.3) is 0 Å². The number of benzene rings is 11. The zero-order valence-corrected chi connectivity index (χ0v) is 77.7. The molecule has 11 rings (SSSR count). The Balaban J connectivity index is 0.00000143. The van der Waals surface area contributed by atoms with E-state index < -0.39 is 0 Å². The molecule has 0 N–H and O–H groups in total. The minimum Gasteiger partial charge on any atom is -2.00 e. The fraction of sp³-hybridized carbons (Fsp3) is 0.267. The summed E-state index contributed by atoms with van der Waals surface area (Å²) in [5.41, 5.74) is 5.48. The van der Waals surface area contributed by atoms with E-state index in [0.717, 1.165) is 52.4 Å². The molecule has 0 aliphatic heterocycles. The topological polar surface area (TPSA) is 239 Å². The van der Waals surface area contributed by atoms with E-state index in [2.05, 4.69) is 39.2 Å². The van der Waals surface area contributed by atoms with Gasteiger partial charge in [-0.1, -0.05) is 251 Å². The summed E-state index contributed by atoms with van der Waals surface area (Å²) in [5.74, 6) is -0.0405. The quantitative estimate of drug-likeness (QED) is 0.0414. The van der Waals surface area contributed by atoms with Gasteiger partial charge in [0.1, 0.15) is 0 Å². The summed E-state index contributed by atoms with van der Waals surface area (Å²) in [5, 5.41) is 99.0. The molecule has 11 aromatic carbocycles. The van der Waals surface area contributed by atoms with Crippen molar-refractivity contribution in [2.24, 2.45) is 0 Å². The van der Waals surface area contributed by atoms with E-state index in [-0.39, 0.29) is 120 Å². The Morgan fingerprint density at radius 2 is 0.269 bits per heavy atom. The maximum Gasteiger partial charge on any atom is 5.00 e. The molecule has 119 heavy (non-hydrogen) atoms. The second-order valence-electron chi connectivity index (χ2n) is 27.4. The molecule has 0 aliphatic carbocycles. The summed E-state index contributed by atoms with van der Waals surface area (Å²) in [6.45, 7) is 10.4. The summed E-state index contributed by atoms with van der Waals surface area (Å²) in [6.07, 6.45) is 0. The molecule has 0 saturated heterocycles. The van der Waals surface area contributed by atoms with Crippen molar-refractivity contribution >= 4 is 92.8 Å². The Bertz CT molecular complexity index is 3710. The van der Waals surface area contributed by atoms with Gasteiger partial charge in [-0.25, -0.2) is 0 Å². The van der Waals surface area contributed by atoms with Gasteiger partial charge in [0.05, 0.1) is 0 Å². The molecule has 0 bridgehead atoms. The van der Waals surface area contributed by atoms with Crippen LogP contribution in [0.2, 0.25) is 40.2 Å². The Hall–Kier alpha value is -6.14. The number of likely N-dealkylation sites (N-methyl/N-ethyl adjacent to an activating group) is 8. The van der Waals surface area contributed by atoms with Crippen LogP contribution in [-0.4, -0.2) is 148 Å². The predicted molar refractivity (Wildman–Crippen MR) is 458 cm³/mol. The van der Waals surface area contributed by atoms with E-state index in [1.165, 1.54) is 48.5 Å². The number of hydrogen-bond donors (Lipinski definition) is 0. The molecule has 0 heterocycles. The SMILES string of the molecule is CN(CCN(C)Cc1cc(Cl)ccc1[O-])Cc1cc(Cl)ccc1[O-].CN(CCN(C)Cc1cc(Cl)ccc1[O-])Cc1cc(Cl)ccc1[O-].CN(CCN(C)Cc1cc(Cl)ccc1[O-])Cc1cc(Cl)ccc1[O-].CN(CCN(C)Cc1cc(Cl)ccc1[O-])Cc1cc(Cl)ccc1[O-].[Fe+4].[Fe+4].[Fe+5].[Fe+5].[O-2].c1ccccc1.c1ccccc1.c1ccccc1. The average Bonchev–Trinajstić information content (AvgIpc) is 0.893. The molecule has 0 atom stereocenters. The van der Waals surface area contributed by atoms with Crippen LogP contribution in [0.4, 0.5) is 0 Å². The van der Waals surface area contributed by atoms with Gasteiger partial charge in [-0.3, -0.25) is 0 Å². The molecular formula is C90H98Cl8Fe4N8O9+8. The van der Waals surface area contributed by atoms with E-state index in [1.807, 2.05) is 166 Å². The maximum atomic E-state index is 11.8. The molecule has 0 amide bonds. The van der Waals surface area contributed by atoms with Gasteiger partial charge in [0.15, 0.2) is 0 Å². The normalized spacial score (nSPS) is 10.4. The van der Waals surface area contributed by atoms with E-state index >= 15 is 0 Å². The first kappa shape index (κ1) is 113. The van der Waals surface area contributed by atoms with Gasteiger partial charge in [-0.05, 0) is 198 Å².